The first kappa shape index (κ1) is 21.8. The van der Waals surface area contributed by atoms with Gasteiger partial charge >= 0.3 is 12.2 Å². The summed E-state index contributed by atoms with van der Waals surface area (Å²) in [4.78, 5) is 25.9. The number of aromatic nitrogens is 3. The smallest absolute Gasteiger partial charge is 0.354 e. The number of nitrogens with zero attached hydrogens (tertiary/aromatic N) is 4. The zero-order valence-electron chi connectivity index (χ0n) is 16.6. The molecular weight excluding hydrogens is 445 g/mol. The molecule has 11 heteroatoms. The van der Waals surface area contributed by atoms with Gasteiger partial charge in [-0.2, -0.15) is 13.2 Å². The minimum Gasteiger partial charge on any atom is -0.354 e. The Hall–Kier alpha value is -3.40. The maximum Gasteiger partial charge on any atom is 0.433 e. The van der Waals surface area contributed by atoms with E-state index in [-0.39, 0.29) is 17.7 Å². The number of pyridine rings is 1. The van der Waals surface area contributed by atoms with Crippen LogP contribution in [-0.2, 0) is 6.18 Å². The Kier molecular flexibility index (Phi) is 6.13. The normalized spacial score (nSPS) is 16.1. The van der Waals surface area contributed by atoms with Crippen LogP contribution in [0.5, 0.6) is 0 Å². The standard InChI is InChI=1S/C21H18ClF3N6O/c22-15-3-1-2-4-16(15)28-20(32)27-14-7-10-31(12-14)18-11-17(21(23,24)25)29-19(30-18)13-5-8-26-9-6-13/h1-6,8-9,11,14H,7,10,12H2,(H2,27,28,32). The van der Waals surface area contributed by atoms with E-state index in [1.165, 1.54) is 12.4 Å². The highest BCUT2D eigenvalue weighted by atomic mass is 35.5. The second-order valence-electron chi connectivity index (χ2n) is 7.18. The molecule has 0 aliphatic carbocycles. The van der Waals surface area contributed by atoms with Crippen LogP contribution in [0.3, 0.4) is 0 Å². The van der Waals surface area contributed by atoms with Crippen molar-refractivity contribution in [2.75, 3.05) is 23.3 Å². The molecule has 3 heterocycles. The van der Waals surface area contributed by atoms with Crippen molar-refractivity contribution in [1.82, 2.24) is 20.3 Å². The van der Waals surface area contributed by atoms with Crippen LogP contribution in [0, 0.1) is 0 Å². The largest absolute Gasteiger partial charge is 0.433 e. The molecule has 32 heavy (non-hydrogen) atoms. The van der Waals surface area contributed by atoms with Gasteiger partial charge in [-0.05, 0) is 30.7 Å². The molecule has 2 N–H and O–H groups in total. The maximum absolute atomic E-state index is 13.4. The van der Waals surface area contributed by atoms with Crippen molar-refractivity contribution in [2.24, 2.45) is 0 Å². The Bertz CT molecular complexity index is 1110. The van der Waals surface area contributed by atoms with E-state index in [1.54, 1.807) is 41.3 Å². The Balaban J connectivity index is 1.49. The lowest BCUT2D eigenvalue weighted by Crippen LogP contribution is -2.39. The summed E-state index contributed by atoms with van der Waals surface area (Å²) in [5, 5.41) is 5.89. The lowest BCUT2D eigenvalue weighted by Gasteiger charge is -2.20. The summed E-state index contributed by atoms with van der Waals surface area (Å²) in [5.74, 6) is 0.111. The van der Waals surface area contributed by atoms with Gasteiger partial charge in [0.25, 0.3) is 0 Å². The topological polar surface area (TPSA) is 83.0 Å². The molecule has 1 atom stereocenters. The van der Waals surface area contributed by atoms with Crippen molar-refractivity contribution < 1.29 is 18.0 Å². The van der Waals surface area contributed by atoms with E-state index < -0.39 is 17.9 Å². The summed E-state index contributed by atoms with van der Waals surface area (Å²) >= 11 is 6.04. The summed E-state index contributed by atoms with van der Waals surface area (Å²) in [6.45, 7) is 0.737. The van der Waals surface area contributed by atoms with Crippen LogP contribution < -0.4 is 15.5 Å². The van der Waals surface area contributed by atoms with Gasteiger partial charge in [0.2, 0.25) is 0 Å². The van der Waals surface area contributed by atoms with Crippen LogP contribution in [0.4, 0.5) is 29.5 Å². The zero-order valence-corrected chi connectivity index (χ0v) is 17.4. The molecule has 1 aromatic carbocycles. The number of nitrogens with one attached hydrogen (secondary N) is 2. The van der Waals surface area contributed by atoms with E-state index in [9.17, 15) is 18.0 Å². The van der Waals surface area contributed by atoms with E-state index in [2.05, 4.69) is 25.6 Å². The molecular formula is C21H18ClF3N6O. The van der Waals surface area contributed by atoms with E-state index in [0.29, 0.717) is 35.8 Å². The van der Waals surface area contributed by atoms with Gasteiger partial charge in [0, 0.05) is 43.2 Å². The highest BCUT2D eigenvalue weighted by molar-refractivity contribution is 6.33. The van der Waals surface area contributed by atoms with Gasteiger partial charge < -0.3 is 15.5 Å². The van der Waals surface area contributed by atoms with Gasteiger partial charge in [0.05, 0.1) is 10.7 Å². The Morgan fingerprint density at radius 3 is 2.59 bits per heavy atom. The van der Waals surface area contributed by atoms with Crippen LogP contribution in [0.15, 0.2) is 54.9 Å². The Labute approximate surface area is 186 Å². The molecule has 0 bridgehead atoms. The number of anilines is 2. The van der Waals surface area contributed by atoms with Gasteiger partial charge in [-0.1, -0.05) is 23.7 Å². The highest BCUT2D eigenvalue weighted by Gasteiger charge is 2.35. The molecule has 0 saturated carbocycles. The molecule has 1 saturated heterocycles. The molecule has 0 spiro atoms. The van der Waals surface area contributed by atoms with E-state index in [4.69, 9.17) is 11.6 Å². The molecule has 1 unspecified atom stereocenters. The predicted octanol–water partition coefficient (Wildman–Crippen LogP) is 4.61. The number of carbonyl (C=O) groups is 1. The van der Waals surface area contributed by atoms with Gasteiger partial charge in [0.15, 0.2) is 11.5 Å². The Morgan fingerprint density at radius 1 is 1.12 bits per heavy atom. The average molecular weight is 463 g/mol. The second kappa shape index (κ2) is 8.99. The number of benzene rings is 1. The molecule has 0 radical (unpaired) electrons. The molecule has 1 aliphatic heterocycles. The molecule has 166 valence electrons. The van der Waals surface area contributed by atoms with E-state index in [1.807, 2.05) is 0 Å². The SMILES string of the molecule is O=C(Nc1ccccc1Cl)NC1CCN(c2cc(C(F)(F)F)nc(-c3ccncc3)n2)C1. The van der Waals surface area contributed by atoms with Crippen molar-refractivity contribution >= 4 is 29.1 Å². The number of hydrogen-bond donors (Lipinski definition) is 2. The van der Waals surface area contributed by atoms with E-state index >= 15 is 0 Å². The molecule has 2 aromatic heterocycles. The number of alkyl halides is 3. The van der Waals surface area contributed by atoms with Gasteiger partial charge in [-0.15, -0.1) is 0 Å². The number of carbonyl (C=O) groups excluding carboxylic acids is 1. The lowest BCUT2D eigenvalue weighted by atomic mass is 10.2. The van der Waals surface area contributed by atoms with Crippen molar-refractivity contribution in [2.45, 2.75) is 18.6 Å². The summed E-state index contributed by atoms with van der Waals surface area (Å²) in [6, 6.07) is 10.1. The van der Waals surface area contributed by atoms with E-state index in [0.717, 1.165) is 6.07 Å². The fourth-order valence-electron chi connectivity index (χ4n) is 3.36. The van der Waals surface area contributed by atoms with Crippen molar-refractivity contribution in [1.29, 1.82) is 0 Å². The van der Waals surface area contributed by atoms with Gasteiger partial charge in [-0.3, -0.25) is 4.98 Å². The minimum absolute atomic E-state index is 0.0369. The summed E-state index contributed by atoms with van der Waals surface area (Å²) in [7, 11) is 0. The lowest BCUT2D eigenvalue weighted by molar-refractivity contribution is -0.141. The van der Waals surface area contributed by atoms with Gasteiger partial charge in [0.1, 0.15) is 5.82 Å². The van der Waals surface area contributed by atoms with Crippen LogP contribution >= 0.6 is 11.6 Å². The number of para-hydroxylation sites is 1. The molecule has 2 amide bonds. The number of urea groups is 1. The first-order chi connectivity index (χ1) is 15.3. The third-order valence-corrected chi connectivity index (χ3v) is 5.24. The Morgan fingerprint density at radius 2 is 1.88 bits per heavy atom. The van der Waals surface area contributed by atoms with Gasteiger partial charge in [-0.25, -0.2) is 14.8 Å². The fraction of sp³-hybridized carbons (Fsp3) is 0.238. The fourth-order valence-corrected chi connectivity index (χ4v) is 3.55. The minimum atomic E-state index is -4.62. The molecule has 1 fully saturated rings. The number of rotatable bonds is 4. The summed E-state index contributed by atoms with van der Waals surface area (Å²) in [6.07, 6.45) is -1.14. The molecule has 3 aromatic rings. The van der Waals surface area contributed by atoms with Crippen LogP contribution in [0.25, 0.3) is 11.4 Å². The molecule has 1 aliphatic rings. The first-order valence-electron chi connectivity index (χ1n) is 9.73. The quantitative estimate of drug-likeness (QED) is 0.591. The van der Waals surface area contributed by atoms with Crippen LogP contribution in [0.2, 0.25) is 5.02 Å². The third-order valence-electron chi connectivity index (χ3n) is 4.91. The van der Waals surface area contributed by atoms with Crippen molar-refractivity contribution in [3.63, 3.8) is 0 Å². The van der Waals surface area contributed by atoms with Crippen LogP contribution in [0.1, 0.15) is 12.1 Å². The second-order valence-corrected chi connectivity index (χ2v) is 7.59. The number of hydrogen-bond acceptors (Lipinski definition) is 5. The zero-order chi connectivity index (χ0) is 22.7. The predicted molar refractivity (Wildman–Crippen MR) is 114 cm³/mol. The summed E-state index contributed by atoms with van der Waals surface area (Å²) < 4.78 is 40.3. The van der Waals surface area contributed by atoms with Crippen molar-refractivity contribution in [3.8, 4) is 11.4 Å². The number of amides is 2. The monoisotopic (exact) mass is 462 g/mol. The molecule has 7 nitrogen and oxygen atoms in total. The van der Waals surface area contributed by atoms with Crippen molar-refractivity contribution in [3.05, 3.63) is 65.6 Å². The number of halogens is 4. The van der Waals surface area contributed by atoms with Crippen LogP contribution in [-0.4, -0.2) is 40.1 Å². The first-order valence-corrected chi connectivity index (χ1v) is 10.1. The third kappa shape index (κ3) is 5.08. The molecule has 4 rings (SSSR count). The summed E-state index contributed by atoms with van der Waals surface area (Å²) in [5.41, 5.74) is -0.128. The average Bonchev–Trinajstić information content (AvgIpc) is 3.23. The maximum atomic E-state index is 13.4. The highest BCUT2D eigenvalue weighted by Crippen LogP contribution is 2.32.